The lowest BCUT2D eigenvalue weighted by Gasteiger charge is -2.41. The number of aliphatic carboxylic acids is 1. The van der Waals surface area contributed by atoms with Crippen molar-refractivity contribution in [2.45, 2.75) is 44.7 Å². The third-order valence-electron chi connectivity index (χ3n) is 6.17. The maximum atomic E-state index is 13.4. The maximum absolute atomic E-state index is 13.4. The average molecular weight is 459 g/mol. The number of carboxylic acids is 1. The molecule has 174 valence electrons. The molecule has 1 heterocycles. The molecule has 3 atom stereocenters. The van der Waals surface area contributed by atoms with Crippen molar-refractivity contribution >= 4 is 5.97 Å². The van der Waals surface area contributed by atoms with E-state index in [-0.39, 0.29) is 18.0 Å². The van der Waals surface area contributed by atoms with Crippen molar-refractivity contribution in [1.82, 2.24) is 4.90 Å². The number of carbonyl (C=O) groups is 1. The lowest BCUT2D eigenvalue weighted by molar-refractivity contribution is -0.144. The summed E-state index contributed by atoms with van der Waals surface area (Å²) in [5, 5.41) is 9.38. The van der Waals surface area contributed by atoms with Crippen molar-refractivity contribution in [3.8, 4) is 0 Å². The number of benzene rings is 2. The smallest absolute Gasteiger partial charge is 0.416 e. The van der Waals surface area contributed by atoms with Gasteiger partial charge < -0.3 is 5.11 Å². The maximum Gasteiger partial charge on any atom is 0.416 e. The first-order valence-corrected chi connectivity index (χ1v) is 10.2. The number of carboxylic acid groups (broad SMARTS) is 1. The summed E-state index contributed by atoms with van der Waals surface area (Å²) in [5.41, 5.74) is -0.986. The van der Waals surface area contributed by atoms with Crippen LogP contribution >= 0.6 is 0 Å². The lowest BCUT2D eigenvalue weighted by Crippen LogP contribution is -2.39. The van der Waals surface area contributed by atoms with Crippen molar-refractivity contribution in [3.05, 3.63) is 70.8 Å². The summed E-state index contributed by atoms with van der Waals surface area (Å²) < 4.78 is 79.2. The average Bonchev–Trinajstić information content (AvgIpc) is 2.72. The fourth-order valence-electron chi connectivity index (χ4n) is 4.28. The van der Waals surface area contributed by atoms with Gasteiger partial charge in [0.1, 0.15) is 0 Å². The number of rotatable bonds is 5. The van der Waals surface area contributed by atoms with E-state index in [1.165, 1.54) is 30.3 Å². The van der Waals surface area contributed by atoms with E-state index in [0.29, 0.717) is 24.9 Å². The molecule has 1 N–H and O–H groups in total. The predicted octanol–water partition coefficient (Wildman–Crippen LogP) is 6.40. The molecule has 0 amide bonds. The Morgan fingerprint density at radius 2 is 1.66 bits per heavy atom. The van der Waals surface area contributed by atoms with Gasteiger partial charge in [0.05, 0.1) is 17.0 Å². The molecule has 1 aliphatic heterocycles. The topological polar surface area (TPSA) is 40.5 Å². The minimum Gasteiger partial charge on any atom is -0.481 e. The Labute approximate surface area is 181 Å². The van der Waals surface area contributed by atoms with Crippen LogP contribution in [0.25, 0.3) is 0 Å². The zero-order valence-corrected chi connectivity index (χ0v) is 17.2. The van der Waals surface area contributed by atoms with Crippen molar-refractivity contribution in [3.63, 3.8) is 0 Å². The van der Waals surface area contributed by atoms with Gasteiger partial charge in [-0.3, -0.25) is 9.69 Å². The molecule has 2 aromatic carbocycles. The molecule has 0 bridgehead atoms. The zero-order chi connectivity index (χ0) is 23.7. The van der Waals surface area contributed by atoms with E-state index in [4.69, 9.17) is 0 Å². The van der Waals surface area contributed by atoms with Gasteiger partial charge in [-0.15, -0.1) is 0 Å². The van der Waals surface area contributed by atoms with Crippen molar-refractivity contribution < 1.29 is 36.2 Å². The van der Waals surface area contributed by atoms with Crippen LogP contribution in [0.15, 0.2) is 48.5 Å². The van der Waals surface area contributed by atoms with Gasteiger partial charge in [0.15, 0.2) is 0 Å². The lowest BCUT2D eigenvalue weighted by atomic mass is 9.79. The van der Waals surface area contributed by atoms with E-state index >= 15 is 0 Å². The number of hydrogen-bond acceptors (Lipinski definition) is 2. The normalized spacial score (nSPS) is 21.3. The molecule has 1 saturated heterocycles. The second-order valence-electron chi connectivity index (χ2n) is 8.17. The Hall–Kier alpha value is -2.55. The molecule has 2 aromatic rings. The highest BCUT2D eigenvalue weighted by molar-refractivity contribution is 5.69. The molecule has 3 unspecified atom stereocenters. The SMILES string of the molecule is CC(C(=O)O)C1CCN(Cc2ccccc2C(F)(F)F)C(c2ccc(C(F)(F)F)cc2)C1. The number of piperidine rings is 1. The van der Waals surface area contributed by atoms with Crippen LogP contribution < -0.4 is 0 Å². The molecule has 0 radical (unpaired) electrons. The molecule has 0 aromatic heterocycles. The highest BCUT2D eigenvalue weighted by Crippen LogP contribution is 2.41. The Morgan fingerprint density at radius 1 is 1.03 bits per heavy atom. The number of halogens is 6. The van der Waals surface area contributed by atoms with Crippen LogP contribution in [0.1, 0.15) is 48.1 Å². The monoisotopic (exact) mass is 459 g/mol. The molecule has 32 heavy (non-hydrogen) atoms. The second-order valence-corrected chi connectivity index (χ2v) is 8.17. The van der Waals surface area contributed by atoms with Gasteiger partial charge in [0.25, 0.3) is 0 Å². The Bertz CT molecular complexity index is 939. The van der Waals surface area contributed by atoms with Gasteiger partial charge >= 0.3 is 18.3 Å². The summed E-state index contributed by atoms with van der Waals surface area (Å²) in [6, 6.07) is 9.24. The number of hydrogen-bond donors (Lipinski definition) is 1. The minimum absolute atomic E-state index is 0.0461. The molecular formula is C23H23F6NO2. The highest BCUT2D eigenvalue weighted by atomic mass is 19.4. The molecule has 1 aliphatic rings. The first kappa shape index (κ1) is 24.1. The minimum atomic E-state index is -4.53. The van der Waals surface area contributed by atoms with E-state index in [2.05, 4.69) is 0 Å². The van der Waals surface area contributed by atoms with Crippen molar-refractivity contribution in [2.75, 3.05) is 6.54 Å². The number of likely N-dealkylation sites (tertiary alicyclic amines) is 1. The van der Waals surface area contributed by atoms with Gasteiger partial charge in [-0.2, -0.15) is 26.3 Å². The van der Waals surface area contributed by atoms with Crippen LogP contribution in [0.2, 0.25) is 0 Å². The molecule has 3 rings (SSSR count). The second kappa shape index (κ2) is 9.13. The van der Waals surface area contributed by atoms with E-state index in [9.17, 15) is 36.2 Å². The number of alkyl halides is 6. The highest BCUT2D eigenvalue weighted by Gasteiger charge is 2.38. The summed E-state index contributed by atoms with van der Waals surface area (Å²) in [5.74, 6) is -1.89. The standard InChI is InChI=1S/C23H23F6NO2/c1-14(21(31)32)16-10-11-30(13-17-4-2-3-5-19(17)23(27,28)29)20(12-16)15-6-8-18(9-7-15)22(24,25)26/h2-9,14,16,20H,10-13H2,1H3,(H,31,32). The molecular weight excluding hydrogens is 436 g/mol. The van der Waals surface area contributed by atoms with Crippen LogP contribution in [0.5, 0.6) is 0 Å². The van der Waals surface area contributed by atoms with Crippen molar-refractivity contribution in [1.29, 1.82) is 0 Å². The van der Waals surface area contributed by atoms with Gasteiger partial charge in [0.2, 0.25) is 0 Å². The van der Waals surface area contributed by atoms with Gasteiger partial charge in [-0.05, 0) is 54.6 Å². The van der Waals surface area contributed by atoms with E-state index in [1.54, 1.807) is 11.8 Å². The van der Waals surface area contributed by atoms with Crippen LogP contribution in [0, 0.1) is 11.8 Å². The van der Waals surface area contributed by atoms with Crippen LogP contribution in [0.3, 0.4) is 0 Å². The molecule has 0 saturated carbocycles. The molecule has 3 nitrogen and oxygen atoms in total. The van der Waals surface area contributed by atoms with E-state index < -0.39 is 41.4 Å². The molecule has 1 fully saturated rings. The fraction of sp³-hybridized carbons (Fsp3) is 0.435. The Kier molecular flexibility index (Phi) is 6.88. The summed E-state index contributed by atoms with van der Waals surface area (Å²) in [6.45, 7) is 1.86. The molecule has 9 heteroatoms. The quantitative estimate of drug-likeness (QED) is 0.526. The van der Waals surface area contributed by atoms with Crippen LogP contribution in [-0.4, -0.2) is 22.5 Å². The first-order valence-electron chi connectivity index (χ1n) is 10.2. The number of nitrogens with zero attached hydrogens (tertiary/aromatic N) is 1. The van der Waals surface area contributed by atoms with Crippen LogP contribution in [0.4, 0.5) is 26.3 Å². The van der Waals surface area contributed by atoms with Gasteiger partial charge in [-0.25, -0.2) is 0 Å². The third kappa shape index (κ3) is 5.43. The predicted molar refractivity (Wildman–Crippen MR) is 106 cm³/mol. The summed E-state index contributed by atoms with van der Waals surface area (Å²) in [4.78, 5) is 13.3. The third-order valence-corrected chi connectivity index (χ3v) is 6.17. The van der Waals surface area contributed by atoms with E-state index in [1.807, 2.05) is 0 Å². The van der Waals surface area contributed by atoms with Gasteiger partial charge in [-0.1, -0.05) is 37.3 Å². The van der Waals surface area contributed by atoms with E-state index in [0.717, 1.165) is 18.2 Å². The van der Waals surface area contributed by atoms with Crippen LogP contribution in [-0.2, 0) is 23.7 Å². The van der Waals surface area contributed by atoms with Crippen molar-refractivity contribution in [2.24, 2.45) is 11.8 Å². The molecule has 0 aliphatic carbocycles. The summed E-state index contributed by atoms with van der Waals surface area (Å²) in [7, 11) is 0. The summed E-state index contributed by atoms with van der Waals surface area (Å²) in [6.07, 6.45) is -8.24. The Balaban J connectivity index is 1.93. The Morgan fingerprint density at radius 3 is 2.22 bits per heavy atom. The fourth-order valence-corrected chi connectivity index (χ4v) is 4.28. The zero-order valence-electron chi connectivity index (χ0n) is 17.2. The first-order chi connectivity index (χ1) is 14.9. The summed E-state index contributed by atoms with van der Waals surface area (Å²) >= 11 is 0. The molecule has 0 spiro atoms. The largest absolute Gasteiger partial charge is 0.481 e. The van der Waals surface area contributed by atoms with Gasteiger partial charge in [0, 0.05) is 12.6 Å².